The SMILES string of the molecule is C=CCCC(=C)CC(CC#CC)(S(=O)(=O)c1ccccc1)S(=O)(=O)c1ccccc1. The lowest BCUT2D eigenvalue weighted by atomic mass is 10.0. The van der Waals surface area contributed by atoms with Crippen LogP contribution in [-0.4, -0.2) is 20.9 Å². The highest BCUT2D eigenvalue weighted by molar-refractivity contribution is 8.10. The second kappa shape index (κ2) is 9.92. The highest BCUT2D eigenvalue weighted by Crippen LogP contribution is 2.43. The van der Waals surface area contributed by atoms with Crippen LogP contribution in [0.3, 0.4) is 0 Å². The molecule has 0 radical (unpaired) electrons. The quantitative estimate of drug-likeness (QED) is 0.385. The van der Waals surface area contributed by atoms with Crippen LogP contribution in [0.1, 0.15) is 32.6 Å². The summed E-state index contributed by atoms with van der Waals surface area (Å²) in [6.45, 7) is 9.20. The van der Waals surface area contributed by atoms with Crippen LogP contribution in [0, 0.1) is 11.8 Å². The van der Waals surface area contributed by atoms with Crippen molar-refractivity contribution in [3.63, 3.8) is 0 Å². The number of sulfone groups is 2. The highest BCUT2D eigenvalue weighted by Gasteiger charge is 2.55. The molecular weight excluding hydrogens is 416 g/mol. The van der Waals surface area contributed by atoms with Crippen LogP contribution in [0.2, 0.25) is 0 Å². The topological polar surface area (TPSA) is 68.3 Å². The number of allylic oxidation sites excluding steroid dienone is 2. The molecule has 0 aromatic heterocycles. The molecule has 0 bridgehead atoms. The molecule has 0 aliphatic rings. The van der Waals surface area contributed by atoms with Gasteiger partial charge in [0.05, 0.1) is 9.79 Å². The molecule has 0 saturated heterocycles. The highest BCUT2D eigenvalue weighted by atomic mass is 32.3. The second-order valence-electron chi connectivity index (χ2n) is 6.90. The Kier molecular flexibility index (Phi) is 7.83. The smallest absolute Gasteiger partial charge is 0.200 e. The Morgan fingerprint density at radius 1 is 0.933 bits per heavy atom. The predicted molar refractivity (Wildman–Crippen MR) is 121 cm³/mol. The van der Waals surface area contributed by atoms with Gasteiger partial charge in [-0.2, -0.15) is 0 Å². The molecule has 0 heterocycles. The second-order valence-corrected chi connectivity index (χ2v) is 11.7. The third-order valence-electron chi connectivity index (χ3n) is 4.84. The van der Waals surface area contributed by atoms with Gasteiger partial charge in [-0.1, -0.05) is 54.6 Å². The summed E-state index contributed by atoms with van der Waals surface area (Å²) in [6.07, 6.45) is 2.11. The normalized spacial score (nSPS) is 11.9. The lowest BCUT2D eigenvalue weighted by Gasteiger charge is -2.32. The van der Waals surface area contributed by atoms with Crippen LogP contribution in [-0.2, 0) is 19.7 Å². The average molecular weight is 443 g/mol. The van der Waals surface area contributed by atoms with Crippen molar-refractivity contribution >= 4 is 19.7 Å². The Balaban J connectivity index is 2.83. The van der Waals surface area contributed by atoms with E-state index in [1.807, 2.05) is 0 Å². The molecule has 158 valence electrons. The maximum Gasteiger partial charge on any atom is 0.200 e. The molecule has 0 aliphatic heterocycles. The van der Waals surface area contributed by atoms with Crippen molar-refractivity contribution in [1.29, 1.82) is 0 Å². The lowest BCUT2D eigenvalue weighted by Crippen LogP contribution is -2.46. The minimum Gasteiger partial charge on any atom is -0.222 e. The van der Waals surface area contributed by atoms with Crippen LogP contribution in [0.4, 0.5) is 0 Å². The van der Waals surface area contributed by atoms with E-state index in [0.29, 0.717) is 18.4 Å². The summed E-state index contributed by atoms with van der Waals surface area (Å²) in [5.41, 5.74) is 0.520. The minimum atomic E-state index is -4.34. The van der Waals surface area contributed by atoms with Gasteiger partial charge in [-0.3, -0.25) is 0 Å². The van der Waals surface area contributed by atoms with Gasteiger partial charge < -0.3 is 0 Å². The van der Waals surface area contributed by atoms with E-state index < -0.39 is 23.8 Å². The molecule has 0 unspecified atom stereocenters. The molecule has 0 atom stereocenters. The molecule has 0 saturated carbocycles. The first-order valence-electron chi connectivity index (χ1n) is 9.49. The summed E-state index contributed by atoms with van der Waals surface area (Å²) in [6, 6.07) is 15.3. The van der Waals surface area contributed by atoms with Crippen molar-refractivity contribution in [3.05, 3.63) is 85.5 Å². The molecule has 0 fully saturated rings. The third kappa shape index (κ3) is 4.58. The van der Waals surface area contributed by atoms with Crippen molar-refractivity contribution in [2.24, 2.45) is 0 Å². The van der Waals surface area contributed by atoms with E-state index in [2.05, 4.69) is 25.0 Å². The van der Waals surface area contributed by atoms with Gasteiger partial charge in [0.1, 0.15) is 0 Å². The zero-order valence-electron chi connectivity index (χ0n) is 17.0. The first kappa shape index (κ1) is 23.7. The van der Waals surface area contributed by atoms with Crippen LogP contribution < -0.4 is 0 Å². The zero-order valence-corrected chi connectivity index (χ0v) is 18.7. The zero-order chi connectivity index (χ0) is 22.3. The van der Waals surface area contributed by atoms with Gasteiger partial charge in [0.25, 0.3) is 0 Å². The van der Waals surface area contributed by atoms with Crippen LogP contribution in [0.25, 0.3) is 0 Å². The maximum absolute atomic E-state index is 13.9. The van der Waals surface area contributed by atoms with Crippen molar-refractivity contribution in [3.8, 4) is 11.8 Å². The summed E-state index contributed by atoms with van der Waals surface area (Å²) >= 11 is 0. The van der Waals surface area contributed by atoms with Gasteiger partial charge in [-0.15, -0.1) is 18.4 Å². The van der Waals surface area contributed by atoms with Crippen molar-refractivity contribution in [2.75, 3.05) is 0 Å². The van der Waals surface area contributed by atoms with Gasteiger partial charge in [0, 0.05) is 12.8 Å². The number of rotatable bonds is 10. The van der Waals surface area contributed by atoms with Crippen molar-refractivity contribution < 1.29 is 16.8 Å². The van der Waals surface area contributed by atoms with Gasteiger partial charge in [0.15, 0.2) is 23.8 Å². The van der Waals surface area contributed by atoms with Gasteiger partial charge in [0.2, 0.25) is 0 Å². The van der Waals surface area contributed by atoms with Gasteiger partial charge >= 0.3 is 0 Å². The largest absolute Gasteiger partial charge is 0.222 e. The van der Waals surface area contributed by atoms with Crippen molar-refractivity contribution in [2.45, 2.75) is 46.5 Å². The van der Waals surface area contributed by atoms with E-state index in [0.717, 1.165) is 0 Å². The molecule has 30 heavy (non-hydrogen) atoms. The number of hydrogen-bond acceptors (Lipinski definition) is 4. The van der Waals surface area contributed by atoms with E-state index in [-0.39, 0.29) is 22.6 Å². The monoisotopic (exact) mass is 442 g/mol. The molecule has 0 N–H and O–H groups in total. The minimum absolute atomic E-state index is 0.0565. The predicted octanol–water partition coefficient (Wildman–Crippen LogP) is 4.96. The maximum atomic E-state index is 13.9. The molecule has 2 rings (SSSR count). The first-order valence-corrected chi connectivity index (χ1v) is 12.5. The molecular formula is C24H26O4S2. The Labute approximate surface area is 180 Å². The lowest BCUT2D eigenvalue weighted by molar-refractivity contribution is 0.533. The van der Waals surface area contributed by atoms with Crippen LogP contribution in [0.15, 0.2) is 95.3 Å². The molecule has 0 amide bonds. The van der Waals surface area contributed by atoms with Crippen LogP contribution in [0.5, 0.6) is 0 Å². The van der Waals surface area contributed by atoms with Crippen molar-refractivity contribution in [1.82, 2.24) is 0 Å². The summed E-state index contributed by atoms with van der Waals surface area (Å²) in [7, 11) is -8.68. The van der Waals surface area contributed by atoms with E-state index in [1.54, 1.807) is 49.4 Å². The summed E-state index contributed by atoms with van der Waals surface area (Å²) in [4.78, 5) is -0.113. The van der Waals surface area contributed by atoms with E-state index in [9.17, 15) is 16.8 Å². The Hall–Kier alpha value is -2.62. The Bertz CT molecular complexity index is 1080. The van der Waals surface area contributed by atoms with Gasteiger partial charge in [-0.25, -0.2) is 16.8 Å². The van der Waals surface area contributed by atoms with Gasteiger partial charge in [-0.05, 0) is 44.0 Å². The summed E-state index contributed by atoms with van der Waals surface area (Å²) < 4.78 is 53.3. The molecule has 0 spiro atoms. The Morgan fingerprint density at radius 2 is 1.40 bits per heavy atom. The standard InChI is InChI=1S/C24H26O4S2/c1-4-6-14-21(3)20-24(19-7-5-2,29(25,26)22-15-10-8-11-16-22)30(27,28)23-17-12-9-13-18-23/h4,8-13,15-18H,1,3,6,14,19-20H2,2H3. The fraction of sp³-hybridized carbons (Fsp3) is 0.250. The fourth-order valence-corrected chi connectivity index (χ4v) is 8.15. The number of benzene rings is 2. The van der Waals surface area contributed by atoms with E-state index in [4.69, 9.17) is 0 Å². The first-order chi connectivity index (χ1) is 14.2. The molecule has 4 nitrogen and oxygen atoms in total. The fourth-order valence-electron chi connectivity index (χ4n) is 3.21. The summed E-state index contributed by atoms with van der Waals surface area (Å²) in [5.74, 6) is 5.39. The van der Waals surface area contributed by atoms with Crippen LogP contribution >= 0.6 is 0 Å². The number of hydrogen-bond donors (Lipinski definition) is 0. The molecule has 2 aromatic carbocycles. The molecule has 2 aromatic rings. The van der Waals surface area contributed by atoms with E-state index >= 15 is 0 Å². The van der Waals surface area contributed by atoms with E-state index in [1.165, 1.54) is 24.3 Å². The molecule has 6 heteroatoms. The Morgan fingerprint density at radius 3 is 1.80 bits per heavy atom. The molecule has 0 aliphatic carbocycles. The summed E-state index contributed by atoms with van der Waals surface area (Å²) in [5, 5.41) is 0. The average Bonchev–Trinajstić information content (AvgIpc) is 2.76. The third-order valence-corrected chi connectivity index (χ3v) is 10.5.